The fourth-order valence-corrected chi connectivity index (χ4v) is 3.00. The molecule has 1 amide bonds. The molecule has 1 aromatic heterocycles. The summed E-state index contributed by atoms with van der Waals surface area (Å²) < 4.78 is 0. The first-order valence-corrected chi connectivity index (χ1v) is 6.92. The van der Waals surface area contributed by atoms with Gasteiger partial charge in [0.15, 0.2) is 5.69 Å². The summed E-state index contributed by atoms with van der Waals surface area (Å²) in [6.07, 6.45) is 2.20. The van der Waals surface area contributed by atoms with Gasteiger partial charge in [0.2, 0.25) is 0 Å². The normalized spacial score (nSPS) is 19.5. The Kier molecular flexibility index (Phi) is 3.01. The average molecular weight is 257 g/mol. The van der Waals surface area contributed by atoms with Crippen LogP contribution in [0.15, 0.2) is 24.3 Å². The standard InChI is InChI=1S/C15H19N3O/c1-10(2)13-8-5-9-18(13)15(19)14-11-6-3-4-7-12(11)16-17-14/h3-4,6-7,10,13H,5,8-9H2,1-2H3,(H,16,17). The molecule has 0 aliphatic carbocycles. The van der Waals surface area contributed by atoms with Crippen molar-refractivity contribution in [3.63, 3.8) is 0 Å². The van der Waals surface area contributed by atoms with Crippen LogP contribution in [-0.2, 0) is 0 Å². The van der Waals surface area contributed by atoms with Crippen LogP contribution in [0.4, 0.5) is 0 Å². The number of aromatic nitrogens is 2. The van der Waals surface area contributed by atoms with Gasteiger partial charge in [0.25, 0.3) is 5.91 Å². The molecule has 1 fully saturated rings. The van der Waals surface area contributed by atoms with Crippen LogP contribution in [0.1, 0.15) is 37.2 Å². The summed E-state index contributed by atoms with van der Waals surface area (Å²) in [6.45, 7) is 5.21. The van der Waals surface area contributed by atoms with Gasteiger partial charge in [-0.15, -0.1) is 0 Å². The maximum absolute atomic E-state index is 12.7. The lowest BCUT2D eigenvalue weighted by Crippen LogP contribution is -2.38. The Bertz CT molecular complexity index is 602. The van der Waals surface area contributed by atoms with Crippen molar-refractivity contribution in [3.05, 3.63) is 30.0 Å². The fourth-order valence-electron chi connectivity index (χ4n) is 3.00. The van der Waals surface area contributed by atoms with Crippen molar-refractivity contribution in [1.82, 2.24) is 15.1 Å². The van der Waals surface area contributed by atoms with E-state index >= 15 is 0 Å². The van der Waals surface area contributed by atoms with Gasteiger partial charge in [-0.1, -0.05) is 32.0 Å². The van der Waals surface area contributed by atoms with Gasteiger partial charge >= 0.3 is 0 Å². The molecule has 1 atom stereocenters. The molecule has 0 radical (unpaired) electrons. The number of nitrogens with one attached hydrogen (secondary N) is 1. The molecular weight excluding hydrogens is 238 g/mol. The lowest BCUT2D eigenvalue weighted by Gasteiger charge is -2.27. The number of aromatic amines is 1. The molecule has 2 heterocycles. The summed E-state index contributed by atoms with van der Waals surface area (Å²) in [5, 5.41) is 8.07. The zero-order chi connectivity index (χ0) is 13.4. The molecule has 4 nitrogen and oxygen atoms in total. The Balaban J connectivity index is 1.95. The molecule has 100 valence electrons. The quantitative estimate of drug-likeness (QED) is 0.899. The third-order valence-electron chi connectivity index (χ3n) is 4.00. The Morgan fingerprint density at radius 2 is 2.21 bits per heavy atom. The van der Waals surface area contributed by atoms with Gasteiger partial charge in [-0.05, 0) is 24.8 Å². The van der Waals surface area contributed by atoms with Crippen LogP contribution in [0.3, 0.4) is 0 Å². The smallest absolute Gasteiger partial charge is 0.275 e. The van der Waals surface area contributed by atoms with E-state index in [1.54, 1.807) is 0 Å². The molecule has 2 aromatic rings. The number of hydrogen-bond donors (Lipinski definition) is 1. The van der Waals surface area contributed by atoms with Gasteiger partial charge in [0.1, 0.15) is 0 Å². The maximum Gasteiger partial charge on any atom is 0.275 e. The van der Waals surface area contributed by atoms with Crippen LogP contribution >= 0.6 is 0 Å². The van der Waals surface area contributed by atoms with Crippen LogP contribution in [0.25, 0.3) is 10.9 Å². The largest absolute Gasteiger partial charge is 0.334 e. The van der Waals surface area contributed by atoms with Crippen molar-refractivity contribution >= 4 is 16.8 Å². The van der Waals surface area contributed by atoms with E-state index in [9.17, 15) is 4.79 Å². The van der Waals surface area contributed by atoms with Crippen LogP contribution in [0, 0.1) is 5.92 Å². The third-order valence-corrected chi connectivity index (χ3v) is 4.00. The van der Waals surface area contributed by atoms with Gasteiger partial charge in [-0.25, -0.2) is 0 Å². The molecule has 3 rings (SSSR count). The van der Waals surface area contributed by atoms with E-state index in [2.05, 4.69) is 24.0 Å². The zero-order valence-electron chi connectivity index (χ0n) is 11.4. The molecule has 0 bridgehead atoms. The summed E-state index contributed by atoms with van der Waals surface area (Å²) in [7, 11) is 0. The molecule has 1 aliphatic heterocycles. The number of nitrogens with zero attached hydrogens (tertiary/aromatic N) is 2. The molecule has 1 saturated heterocycles. The summed E-state index contributed by atoms with van der Waals surface area (Å²) in [5.74, 6) is 0.560. The summed E-state index contributed by atoms with van der Waals surface area (Å²) >= 11 is 0. The Morgan fingerprint density at radius 1 is 1.42 bits per heavy atom. The first-order chi connectivity index (χ1) is 9.18. The first kappa shape index (κ1) is 12.2. The minimum atomic E-state index is 0.0636. The summed E-state index contributed by atoms with van der Waals surface area (Å²) in [5.41, 5.74) is 1.48. The van der Waals surface area contributed by atoms with Crippen molar-refractivity contribution in [2.75, 3.05) is 6.54 Å². The number of fused-ring (bicyclic) bond motifs is 1. The molecule has 1 unspecified atom stereocenters. The number of para-hydroxylation sites is 1. The number of likely N-dealkylation sites (tertiary alicyclic amines) is 1. The van der Waals surface area contributed by atoms with E-state index < -0.39 is 0 Å². The maximum atomic E-state index is 12.7. The predicted octanol–water partition coefficient (Wildman–Crippen LogP) is 2.82. The number of hydrogen-bond acceptors (Lipinski definition) is 2. The van der Waals surface area contributed by atoms with E-state index in [0.717, 1.165) is 30.3 Å². The topological polar surface area (TPSA) is 49.0 Å². The van der Waals surface area contributed by atoms with E-state index in [1.165, 1.54) is 0 Å². The van der Waals surface area contributed by atoms with Crippen LogP contribution in [-0.4, -0.2) is 33.6 Å². The van der Waals surface area contributed by atoms with Crippen LogP contribution in [0.2, 0.25) is 0 Å². The van der Waals surface area contributed by atoms with Crippen molar-refractivity contribution in [3.8, 4) is 0 Å². The van der Waals surface area contributed by atoms with Gasteiger partial charge in [0, 0.05) is 18.0 Å². The van der Waals surface area contributed by atoms with E-state index in [-0.39, 0.29) is 5.91 Å². The Morgan fingerprint density at radius 3 is 3.00 bits per heavy atom. The number of benzene rings is 1. The van der Waals surface area contributed by atoms with Crippen molar-refractivity contribution in [2.24, 2.45) is 5.92 Å². The van der Waals surface area contributed by atoms with E-state index in [4.69, 9.17) is 0 Å². The second-order valence-corrected chi connectivity index (χ2v) is 5.57. The monoisotopic (exact) mass is 257 g/mol. The van der Waals surface area contributed by atoms with Crippen molar-refractivity contribution in [1.29, 1.82) is 0 Å². The van der Waals surface area contributed by atoms with E-state index in [0.29, 0.717) is 17.7 Å². The second kappa shape index (κ2) is 4.68. The van der Waals surface area contributed by atoms with E-state index in [1.807, 2.05) is 29.2 Å². The number of rotatable bonds is 2. The number of amides is 1. The first-order valence-electron chi connectivity index (χ1n) is 6.92. The highest BCUT2D eigenvalue weighted by Crippen LogP contribution is 2.27. The molecule has 4 heteroatoms. The van der Waals surface area contributed by atoms with Crippen LogP contribution in [0.5, 0.6) is 0 Å². The Labute approximate surface area is 112 Å². The highest BCUT2D eigenvalue weighted by Gasteiger charge is 2.32. The summed E-state index contributed by atoms with van der Waals surface area (Å²) in [6, 6.07) is 8.14. The zero-order valence-corrected chi connectivity index (χ0v) is 11.4. The van der Waals surface area contributed by atoms with Crippen molar-refractivity contribution < 1.29 is 4.79 Å². The van der Waals surface area contributed by atoms with Crippen LogP contribution < -0.4 is 0 Å². The molecule has 0 spiro atoms. The lowest BCUT2D eigenvalue weighted by molar-refractivity contribution is 0.0697. The Hall–Kier alpha value is -1.84. The third kappa shape index (κ3) is 2.01. The molecule has 1 aromatic carbocycles. The van der Waals surface area contributed by atoms with Gasteiger partial charge in [-0.3, -0.25) is 9.89 Å². The van der Waals surface area contributed by atoms with Gasteiger partial charge in [0.05, 0.1) is 5.52 Å². The number of carbonyl (C=O) groups is 1. The lowest BCUT2D eigenvalue weighted by atomic mass is 10.0. The molecular formula is C15H19N3O. The minimum Gasteiger partial charge on any atom is -0.334 e. The molecule has 0 saturated carbocycles. The number of H-pyrrole nitrogens is 1. The highest BCUT2D eigenvalue weighted by molar-refractivity contribution is 6.04. The SMILES string of the molecule is CC(C)C1CCCN1C(=O)c1n[nH]c2ccccc12. The molecule has 19 heavy (non-hydrogen) atoms. The van der Waals surface area contributed by atoms with Crippen molar-refractivity contribution in [2.45, 2.75) is 32.7 Å². The minimum absolute atomic E-state index is 0.0636. The highest BCUT2D eigenvalue weighted by atomic mass is 16.2. The molecule has 1 N–H and O–H groups in total. The molecule has 1 aliphatic rings. The second-order valence-electron chi connectivity index (χ2n) is 5.57. The number of carbonyl (C=O) groups excluding carboxylic acids is 1. The van der Waals surface area contributed by atoms with Gasteiger partial charge in [-0.2, -0.15) is 5.10 Å². The summed E-state index contributed by atoms with van der Waals surface area (Å²) in [4.78, 5) is 14.7. The van der Waals surface area contributed by atoms with Gasteiger partial charge < -0.3 is 4.90 Å². The predicted molar refractivity (Wildman–Crippen MR) is 75.0 cm³/mol. The fraction of sp³-hybridized carbons (Fsp3) is 0.467. The average Bonchev–Trinajstić information content (AvgIpc) is 3.05.